The predicted octanol–water partition coefficient (Wildman–Crippen LogP) is 8.96. The minimum atomic E-state index is -1.97. The molecule has 0 radical (unpaired) electrons. The van der Waals surface area contributed by atoms with E-state index in [-0.39, 0.29) is 49.6 Å². The van der Waals surface area contributed by atoms with Gasteiger partial charge in [-0.2, -0.15) is 0 Å². The molecule has 0 spiro atoms. The molecule has 3 aliphatic heterocycles. The maximum atomic E-state index is 14.7. The highest BCUT2D eigenvalue weighted by atomic mass is 35.5. The Morgan fingerprint density at radius 1 is 0.961 bits per heavy atom. The average Bonchev–Trinajstić information content (AvgIpc) is 3.83. The zero-order valence-electron chi connectivity index (χ0n) is 45.4. The van der Waals surface area contributed by atoms with Gasteiger partial charge in [0.2, 0.25) is 17.7 Å². The lowest BCUT2D eigenvalue weighted by atomic mass is 9.80. The number of amides is 4. The van der Waals surface area contributed by atoms with E-state index in [1.807, 2.05) is 55.0 Å². The Balaban J connectivity index is 0.736. The lowest BCUT2D eigenvalue weighted by Crippen LogP contribution is -2.59. The van der Waals surface area contributed by atoms with Crippen LogP contribution in [0.4, 0.5) is 15.9 Å². The molecule has 4 aromatic rings. The summed E-state index contributed by atoms with van der Waals surface area (Å²) in [5.74, 6) is -0.336. The third-order valence-corrected chi connectivity index (χ3v) is 18.3. The van der Waals surface area contributed by atoms with Crippen LogP contribution in [-0.4, -0.2) is 130 Å². The number of anilines is 2. The summed E-state index contributed by atoms with van der Waals surface area (Å²) in [6.07, 6.45) is 12.9. The van der Waals surface area contributed by atoms with Gasteiger partial charge in [0.05, 0.1) is 51.9 Å². The van der Waals surface area contributed by atoms with Crippen molar-refractivity contribution < 1.29 is 33.4 Å². The normalized spacial score (nSPS) is 19.9. The zero-order chi connectivity index (χ0) is 54.9. The first-order chi connectivity index (χ1) is 36.8. The number of hydrogen-bond acceptors (Lipinski definition) is 14. The van der Waals surface area contributed by atoms with Crippen LogP contribution in [0.25, 0.3) is 10.4 Å². The minimum Gasteiger partial charge on any atom is -0.493 e. The van der Waals surface area contributed by atoms with Crippen molar-refractivity contribution in [1.29, 1.82) is 0 Å². The van der Waals surface area contributed by atoms with Gasteiger partial charge in [-0.1, -0.05) is 94.9 Å². The zero-order valence-corrected chi connectivity index (χ0v) is 47.8. The predicted molar refractivity (Wildman–Crippen MR) is 302 cm³/mol. The highest BCUT2D eigenvalue weighted by Gasteiger charge is 2.53. The number of halogens is 2. The summed E-state index contributed by atoms with van der Waals surface area (Å²) in [4.78, 5) is 75.6. The van der Waals surface area contributed by atoms with Gasteiger partial charge in [-0.3, -0.25) is 19.2 Å². The fraction of sp³-hybridized carbons (Fsp3) is 0.596. The summed E-state index contributed by atoms with van der Waals surface area (Å²) in [7, 11) is 0. The van der Waals surface area contributed by atoms with E-state index in [0.29, 0.717) is 29.6 Å². The van der Waals surface area contributed by atoms with Crippen molar-refractivity contribution in [3.05, 3.63) is 70.6 Å². The SMILES string of the molecule is Cc1ncsc1-c1ccc(CNC(=O)[C@@H]2C[C@@H](O)CN2C(=O)[C@@H](NC(=O)C2(F)CC2)C(C)(C)C)c(OCCCCCCCCN2CCC(C(=O)Nc3cccc(Sc4cnc(N5CCC(C)(CN)CC5)cn4)c3Cl)CC2)c1. The molecule has 6 N–H and O–H groups in total. The van der Waals surface area contributed by atoms with E-state index >= 15 is 0 Å². The second kappa shape index (κ2) is 25.9. The van der Waals surface area contributed by atoms with Gasteiger partial charge < -0.3 is 46.2 Å². The molecule has 2 aromatic heterocycles. The minimum absolute atomic E-state index is 0.00449. The highest BCUT2D eigenvalue weighted by molar-refractivity contribution is 7.99. The first-order valence-corrected chi connectivity index (χ1v) is 29.6. The number of aromatic nitrogens is 3. The number of alkyl halides is 1. The summed E-state index contributed by atoms with van der Waals surface area (Å²) in [6.45, 7) is 15.4. The molecule has 4 fully saturated rings. The Morgan fingerprint density at radius 2 is 1.69 bits per heavy atom. The summed E-state index contributed by atoms with van der Waals surface area (Å²) in [6, 6.07) is 9.53. The number of aryl methyl sites for hydroxylation is 1. The second-order valence-corrected chi connectivity index (χ2v) is 25.2. The van der Waals surface area contributed by atoms with Crippen molar-refractivity contribution in [2.24, 2.45) is 22.5 Å². The molecule has 1 aliphatic carbocycles. The monoisotopic (exact) mass is 1120 g/mol. The van der Waals surface area contributed by atoms with Crippen LogP contribution < -0.4 is 31.3 Å². The van der Waals surface area contributed by atoms with Gasteiger partial charge in [-0.05, 0) is 119 Å². The number of rotatable bonds is 23. The topological polar surface area (TPSA) is 208 Å². The Morgan fingerprint density at radius 3 is 2.35 bits per heavy atom. The molecule has 0 unspecified atom stereocenters. The fourth-order valence-corrected chi connectivity index (χ4v) is 12.2. The molecule has 0 bridgehead atoms. The summed E-state index contributed by atoms with van der Waals surface area (Å²) < 4.78 is 21.1. The van der Waals surface area contributed by atoms with Crippen LogP contribution in [0.1, 0.15) is 122 Å². The Hall–Kier alpha value is -4.92. The van der Waals surface area contributed by atoms with Crippen LogP contribution in [0.5, 0.6) is 5.75 Å². The van der Waals surface area contributed by atoms with Crippen LogP contribution >= 0.6 is 34.7 Å². The third kappa shape index (κ3) is 15.3. The van der Waals surface area contributed by atoms with E-state index in [2.05, 4.69) is 42.6 Å². The smallest absolute Gasteiger partial charge is 0.258 e. The summed E-state index contributed by atoms with van der Waals surface area (Å²) >= 11 is 9.84. The third-order valence-electron chi connectivity index (χ3n) is 15.8. The molecule has 3 atom stereocenters. The summed E-state index contributed by atoms with van der Waals surface area (Å²) in [5, 5.41) is 20.6. The first kappa shape index (κ1) is 58.2. The number of nitrogens with zero attached hydrogens (tertiary/aromatic N) is 6. The van der Waals surface area contributed by atoms with Gasteiger partial charge in [0.15, 0.2) is 5.67 Å². The van der Waals surface area contributed by atoms with Crippen LogP contribution in [0.15, 0.2) is 64.2 Å². The fourth-order valence-electron chi connectivity index (χ4n) is 10.4. The number of aliphatic hydroxyl groups excluding tert-OH is 1. The standard InChI is InChI=1S/C57H78ClFN10O6S2/c1-37-49(76-36-64-37)39-15-16-40(31-63-52(72)43-30-41(70)34-69(43)53(73)50(55(2,3)4)66-54(74)57(59)19-20-57)44(29-39)75-28-11-9-7-6-8-10-23-67-24-17-38(18-25-67)51(71)65-42-13-12-14-45(48(42)58)77-47-33-61-46(32-62-47)68-26-21-56(5,35-60)22-27-68/h12-16,29,32-33,36,38,41,43,50,70H,6-11,17-28,30-31,34-35,60H2,1-5H3,(H,63,72)(H,65,71)(H,66,74)/t41-,43+,50-/m1/s1. The Bertz CT molecular complexity index is 2670. The number of likely N-dealkylation sites (tertiary alicyclic amines) is 2. The van der Waals surface area contributed by atoms with E-state index in [4.69, 9.17) is 27.1 Å². The first-order valence-electron chi connectivity index (χ1n) is 27.5. The van der Waals surface area contributed by atoms with E-state index in [1.165, 1.54) is 16.7 Å². The number of unbranched alkanes of at least 4 members (excludes halogenated alkanes) is 5. The van der Waals surface area contributed by atoms with Crippen LogP contribution in [0.3, 0.4) is 0 Å². The van der Waals surface area contributed by atoms with Crippen LogP contribution in [0, 0.1) is 23.7 Å². The molecule has 1 saturated carbocycles. The Kier molecular flexibility index (Phi) is 19.6. The van der Waals surface area contributed by atoms with Crippen molar-refractivity contribution >= 4 is 69.8 Å². The number of hydrogen-bond donors (Lipinski definition) is 5. The van der Waals surface area contributed by atoms with Crippen molar-refractivity contribution in [3.63, 3.8) is 0 Å². The lowest BCUT2D eigenvalue weighted by molar-refractivity contribution is -0.145. The van der Waals surface area contributed by atoms with Crippen molar-refractivity contribution in [2.45, 2.75) is 158 Å². The average molecular weight is 1120 g/mol. The number of piperidine rings is 2. The number of benzene rings is 2. The molecule has 8 rings (SSSR count). The molecule has 20 heteroatoms. The number of carbonyl (C=O) groups is 4. The molecule has 418 valence electrons. The molecule has 5 heterocycles. The quantitative estimate of drug-likeness (QED) is 0.0440. The maximum Gasteiger partial charge on any atom is 0.258 e. The molecule has 4 aliphatic rings. The Labute approximate surface area is 466 Å². The molecular formula is C57H78ClFN10O6S2. The maximum absolute atomic E-state index is 14.7. The van der Waals surface area contributed by atoms with Gasteiger partial charge in [0.1, 0.15) is 28.7 Å². The van der Waals surface area contributed by atoms with Crippen molar-refractivity contribution in [1.82, 2.24) is 35.4 Å². The van der Waals surface area contributed by atoms with Gasteiger partial charge >= 0.3 is 0 Å². The van der Waals surface area contributed by atoms with Crippen molar-refractivity contribution in [2.75, 3.05) is 62.6 Å². The summed E-state index contributed by atoms with van der Waals surface area (Å²) in [5.41, 5.74) is 8.51. The second-order valence-electron chi connectivity index (χ2n) is 23.0. The number of thiazole rings is 1. The molecular weight excluding hydrogens is 1040 g/mol. The molecule has 77 heavy (non-hydrogen) atoms. The highest BCUT2D eigenvalue weighted by Crippen LogP contribution is 2.41. The van der Waals surface area contributed by atoms with E-state index < -0.39 is 47.0 Å². The molecule has 3 saturated heterocycles. The number of nitrogens with two attached hydrogens (primary N) is 1. The lowest BCUT2D eigenvalue weighted by Gasteiger charge is -2.39. The van der Waals surface area contributed by atoms with Gasteiger partial charge in [-0.15, -0.1) is 11.3 Å². The number of nitrogens with one attached hydrogen (secondary N) is 3. The molecule has 16 nitrogen and oxygen atoms in total. The largest absolute Gasteiger partial charge is 0.493 e. The van der Waals surface area contributed by atoms with Crippen LogP contribution in [-0.2, 0) is 25.7 Å². The number of carbonyl (C=O) groups excluding carboxylic acids is 4. The molecule has 4 amide bonds. The molecule has 2 aromatic carbocycles. The van der Waals surface area contributed by atoms with E-state index in [1.54, 1.807) is 38.3 Å². The van der Waals surface area contributed by atoms with Crippen LogP contribution in [0.2, 0.25) is 5.02 Å². The van der Waals surface area contributed by atoms with Gasteiger partial charge in [0.25, 0.3) is 5.91 Å². The van der Waals surface area contributed by atoms with Gasteiger partial charge in [0, 0.05) is 49.0 Å². The van der Waals surface area contributed by atoms with Crippen molar-refractivity contribution in [3.8, 4) is 16.2 Å². The number of ether oxygens (including phenoxy) is 1. The van der Waals surface area contributed by atoms with E-state index in [9.17, 15) is 28.7 Å². The van der Waals surface area contributed by atoms with E-state index in [0.717, 1.165) is 134 Å². The number of aliphatic hydroxyl groups is 1. The van der Waals surface area contributed by atoms with Gasteiger partial charge in [-0.25, -0.2) is 19.3 Å². The number of β-amino-alcohol motifs (C(OH)–C–C–N with tert-alkyl or cyclic N) is 1.